The monoisotopic (exact) mass is 290 g/mol. The average Bonchev–Trinajstić information content (AvgIpc) is 2.89. The quantitative estimate of drug-likeness (QED) is 0.937. The van der Waals surface area contributed by atoms with Gasteiger partial charge in [0.15, 0.2) is 0 Å². The molecule has 1 fully saturated rings. The molecule has 1 aromatic carbocycles. The first kappa shape index (κ1) is 14.0. The number of morpholine rings is 1. The van der Waals surface area contributed by atoms with Crippen LogP contribution in [0, 0.1) is 0 Å². The molecule has 0 radical (unpaired) electrons. The van der Waals surface area contributed by atoms with Gasteiger partial charge in [-0.3, -0.25) is 0 Å². The number of hydrogen-bond acceptors (Lipinski definition) is 4. The van der Waals surface area contributed by atoms with Crippen molar-refractivity contribution in [2.45, 2.75) is 19.1 Å². The molecule has 2 aromatic rings. The molecule has 2 unspecified atom stereocenters. The zero-order valence-electron chi connectivity index (χ0n) is 12.1. The Kier molecular flexibility index (Phi) is 4.36. The molecule has 108 valence electrons. The minimum atomic E-state index is 0.311. The first-order valence-electron chi connectivity index (χ1n) is 7.24. The molecule has 1 aromatic heterocycles. The molecule has 1 saturated heterocycles. The molecular weight excluding hydrogens is 268 g/mol. The lowest BCUT2D eigenvalue weighted by Crippen LogP contribution is -2.45. The highest BCUT2D eigenvalue weighted by Crippen LogP contribution is 2.29. The van der Waals surface area contributed by atoms with Gasteiger partial charge < -0.3 is 15.0 Å². The predicted octanol–water partition coefficient (Wildman–Crippen LogP) is 2.88. The van der Waals surface area contributed by atoms with E-state index in [1.54, 1.807) is 0 Å². The van der Waals surface area contributed by atoms with Crippen LogP contribution in [-0.4, -0.2) is 44.3 Å². The fourth-order valence-electron chi connectivity index (χ4n) is 2.61. The molecule has 0 amide bonds. The second-order valence-electron chi connectivity index (χ2n) is 5.57. The maximum atomic E-state index is 5.79. The smallest absolute Gasteiger partial charge is 0.0826 e. The molecular formula is C16H22N2OS. The number of nitrogens with zero attached hydrogens (tertiary/aromatic N) is 1. The van der Waals surface area contributed by atoms with E-state index < -0.39 is 0 Å². The zero-order chi connectivity index (χ0) is 13.9. The zero-order valence-corrected chi connectivity index (χ0v) is 13.0. The number of ether oxygens (including phenoxy) is 1. The van der Waals surface area contributed by atoms with E-state index in [-0.39, 0.29) is 0 Å². The van der Waals surface area contributed by atoms with Crippen LogP contribution in [-0.2, 0) is 4.74 Å². The van der Waals surface area contributed by atoms with Crippen LogP contribution in [0.4, 0.5) is 0 Å². The Morgan fingerprint density at radius 2 is 2.30 bits per heavy atom. The van der Waals surface area contributed by atoms with Gasteiger partial charge in [-0.15, -0.1) is 11.3 Å². The van der Waals surface area contributed by atoms with Crippen molar-refractivity contribution in [2.24, 2.45) is 0 Å². The Balaban J connectivity index is 1.59. The Labute approximate surface area is 124 Å². The van der Waals surface area contributed by atoms with Crippen LogP contribution in [0.5, 0.6) is 0 Å². The molecule has 0 saturated carbocycles. The molecule has 1 aliphatic heterocycles. The maximum absolute atomic E-state index is 5.79. The number of likely N-dealkylation sites (N-methyl/N-ethyl adjacent to an activating group) is 1. The lowest BCUT2D eigenvalue weighted by Gasteiger charge is -2.30. The van der Waals surface area contributed by atoms with Gasteiger partial charge in [-0.05, 0) is 31.5 Å². The number of nitrogens with one attached hydrogen (secondary N) is 1. The summed E-state index contributed by atoms with van der Waals surface area (Å²) < 4.78 is 7.16. The molecule has 4 heteroatoms. The van der Waals surface area contributed by atoms with Gasteiger partial charge in [0.2, 0.25) is 0 Å². The van der Waals surface area contributed by atoms with Crippen molar-refractivity contribution in [3.8, 4) is 0 Å². The van der Waals surface area contributed by atoms with Crippen molar-refractivity contribution in [1.82, 2.24) is 10.2 Å². The normalized spacial score (nSPS) is 22.2. The van der Waals surface area contributed by atoms with Gasteiger partial charge in [-0.2, -0.15) is 0 Å². The molecule has 0 bridgehead atoms. The summed E-state index contributed by atoms with van der Waals surface area (Å²) in [6, 6.07) is 11.3. The summed E-state index contributed by atoms with van der Waals surface area (Å²) in [4.78, 5) is 3.73. The van der Waals surface area contributed by atoms with Crippen molar-refractivity contribution in [2.75, 3.05) is 33.3 Å². The standard InChI is InChI=1S/C16H22N2OS/c1-12(17-10-14-11-18(2)7-8-19-14)16-9-13-5-3-4-6-15(13)20-16/h3-6,9,12,14,17H,7-8,10-11H2,1-2H3. The molecule has 3 rings (SSSR count). The topological polar surface area (TPSA) is 24.5 Å². The molecule has 2 heterocycles. The van der Waals surface area contributed by atoms with Crippen LogP contribution in [0.15, 0.2) is 30.3 Å². The van der Waals surface area contributed by atoms with Crippen LogP contribution in [0.2, 0.25) is 0 Å². The highest BCUT2D eigenvalue weighted by Gasteiger charge is 2.18. The molecule has 20 heavy (non-hydrogen) atoms. The van der Waals surface area contributed by atoms with Gasteiger partial charge in [0.05, 0.1) is 12.7 Å². The third-order valence-corrected chi connectivity index (χ3v) is 5.16. The van der Waals surface area contributed by atoms with Gasteiger partial charge in [0.1, 0.15) is 0 Å². The summed E-state index contributed by atoms with van der Waals surface area (Å²) >= 11 is 1.88. The van der Waals surface area contributed by atoms with E-state index in [0.717, 1.165) is 26.2 Å². The van der Waals surface area contributed by atoms with Gasteiger partial charge in [-0.25, -0.2) is 0 Å². The van der Waals surface area contributed by atoms with Crippen molar-refractivity contribution in [1.29, 1.82) is 0 Å². The predicted molar refractivity (Wildman–Crippen MR) is 85.5 cm³/mol. The third kappa shape index (κ3) is 3.20. The molecule has 1 aliphatic rings. The Morgan fingerprint density at radius 1 is 1.45 bits per heavy atom. The summed E-state index contributed by atoms with van der Waals surface area (Å²) in [6.07, 6.45) is 0.311. The van der Waals surface area contributed by atoms with Crippen molar-refractivity contribution < 1.29 is 4.74 Å². The van der Waals surface area contributed by atoms with E-state index in [9.17, 15) is 0 Å². The number of rotatable bonds is 4. The van der Waals surface area contributed by atoms with E-state index in [2.05, 4.69) is 54.5 Å². The van der Waals surface area contributed by atoms with Crippen molar-refractivity contribution in [3.05, 3.63) is 35.2 Å². The van der Waals surface area contributed by atoms with Gasteiger partial charge in [0, 0.05) is 35.3 Å². The summed E-state index contributed by atoms with van der Waals surface area (Å²) in [5.41, 5.74) is 0. The Morgan fingerprint density at radius 3 is 3.10 bits per heavy atom. The summed E-state index contributed by atoms with van der Waals surface area (Å²) in [7, 11) is 2.16. The SMILES string of the molecule is CC(NCC1CN(C)CCO1)c1cc2ccccc2s1. The minimum Gasteiger partial charge on any atom is -0.374 e. The molecule has 0 aliphatic carbocycles. The van der Waals surface area contributed by atoms with Crippen LogP contribution < -0.4 is 5.32 Å². The third-order valence-electron chi connectivity index (χ3n) is 3.86. The first-order chi connectivity index (χ1) is 9.72. The van der Waals surface area contributed by atoms with E-state index in [1.807, 2.05) is 11.3 Å². The first-order valence-corrected chi connectivity index (χ1v) is 8.06. The number of hydrogen-bond donors (Lipinski definition) is 1. The largest absolute Gasteiger partial charge is 0.374 e. The second-order valence-corrected chi connectivity index (χ2v) is 6.69. The number of benzene rings is 1. The van der Waals surface area contributed by atoms with Crippen molar-refractivity contribution >= 4 is 21.4 Å². The van der Waals surface area contributed by atoms with Gasteiger partial charge in [-0.1, -0.05) is 18.2 Å². The van der Waals surface area contributed by atoms with Crippen LogP contribution >= 0.6 is 11.3 Å². The van der Waals surface area contributed by atoms with Crippen molar-refractivity contribution in [3.63, 3.8) is 0 Å². The van der Waals surface area contributed by atoms with Gasteiger partial charge in [0.25, 0.3) is 0 Å². The summed E-state index contributed by atoms with van der Waals surface area (Å²) in [5, 5.41) is 4.95. The highest BCUT2D eigenvalue weighted by atomic mass is 32.1. The Bertz CT molecular complexity index is 535. The van der Waals surface area contributed by atoms with Gasteiger partial charge >= 0.3 is 0 Å². The van der Waals surface area contributed by atoms with Crippen LogP contribution in [0.25, 0.3) is 10.1 Å². The molecule has 3 nitrogen and oxygen atoms in total. The minimum absolute atomic E-state index is 0.311. The average molecular weight is 290 g/mol. The summed E-state index contributed by atoms with van der Waals surface area (Å²) in [5.74, 6) is 0. The second kappa shape index (κ2) is 6.22. The molecule has 2 atom stereocenters. The Hall–Kier alpha value is -0.940. The number of thiophene rings is 1. The van der Waals surface area contributed by atoms with Crippen LogP contribution in [0.1, 0.15) is 17.8 Å². The van der Waals surface area contributed by atoms with E-state index in [0.29, 0.717) is 12.1 Å². The highest BCUT2D eigenvalue weighted by molar-refractivity contribution is 7.19. The molecule has 1 N–H and O–H groups in total. The molecule has 0 spiro atoms. The lowest BCUT2D eigenvalue weighted by molar-refractivity contribution is -0.0190. The van der Waals surface area contributed by atoms with E-state index >= 15 is 0 Å². The maximum Gasteiger partial charge on any atom is 0.0826 e. The fraction of sp³-hybridized carbons (Fsp3) is 0.500. The van der Waals surface area contributed by atoms with Crippen LogP contribution in [0.3, 0.4) is 0 Å². The fourth-order valence-corrected chi connectivity index (χ4v) is 3.71. The van der Waals surface area contributed by atoms with E-state index in [4.69, 9.17) is 4.74 Å². The lowest BCUT2D eigenvalue weighted by atomic mass is 10.2. The number of fused-ring (bicyclic) bond motifs is 1. The van der Waals surface area contributed by atoms with E-state index in [1.165, 1.54) is 15.0 Å². The summed E-state index contributed by atoms with van der Waals surface area (Å²) in [6.45, 7) is 6.06.